The highest BCUT2D eigenvalue weighted by Crippen LogP contribution is 2.22. The van der Waals surface area contributed by atoms with Crippen LogP contribution in [0.1, 0.15) is 24.8 Å². The van der Waals surface area contributed by atoms with E-state index in [4.69, 9.17) is 11.6 Å². The minimum atomic E-state index is 0.782. The molecule has 1 rings (SSSR count). The molecule has 1 nitrogen and oxygen atoms in total. The Balaban J connectivity index is 2.11. The molecule has 0 atom stereocenters. The summed E-state index contributed by atoms with van der Waals surface area (Å²) in [4.78, 5) is 0. The van der Waals surface area contributed by atoms with Gasteiger partial charge in [-0.3, -0.25) is 0 Å². The number of benzene rings is 1. The van der Waals surface area contributed by atoms with Crippen molar-refractivity contribution < 1.29 is 0 Å². The third-order valence-corrected chi connectivity index (χ3v) is 4.44. The van der Waals surface area contributed by atoms with Gasteiger partial charge in [-0.05, 0) is 65.0 Å². The monoisotopic (exact) mass is 335 g/mol. The van der Waals surface area contributed by atoms with Gasteiger partial charge in [-0.15, -0.1) is 0 Å². The van der Waals surface area contributed by atoms with Crippen LogP contribution in [-0.2, 0) is 6.54 Å². The quantitative estimate of drug-likeness (QED) is 0.689. The van der Waals surface area contributed by atoms with Crippen molar-refractivity contribution in [1.29, 1.82) is 0 Å². The lowest BCUT2D eigenvalue weighted by atomic mass is 10.2. The zero-order valence-corrected chi connectivity index (χ0v) is 13.3. The van der Waals surface area contributed by atoms with Crippen LogP contribution in [0.15, 0.2) is 22.7 Å². The number of hydrogen-bond acceptors (Lipinski definition) is 2. The van der Waals surface area contributed by atoms with Crippen LogP contribution in [0.3, 0.4) is 0 Å². The fraction of sp³-hybridized carbons (Fsp3) is 0.538. The van der Waals surface area contributed by atoms with Gasteiger partial charge in [-0.1, -0.05) is 24.1 Å². The average Bonchev–Trinajstić information content (AvgIpc) is 2.32. The summed E-state index contributed by atoms with van der Waals surface area (Å²) in [6.07, 6.45) is 6.06. The molecule has 0 aliphatic rings. The lowest BCUT2D eigenvalue weighted by molar-refractivity contribution is 0.618. The summed E-state index contributed by atoms with van der Waals surface area (Å²) in [5.41, 5.74) is 1.24. The molecule has 0 aliphatic heterocycles. The highest BCUT2D eigenvalue weighted by molar-refractivity contribution is 9.10. The average molecular weight is 337 g/mol. The molecule has 0 amide bonds. The maximum Gasteiger partial charge on any atom is 0.0551 e. The summed E-state index contributed by atoms with van der Waals surface area (Å²) in [7, 11) is 0. The zero-order chi connectivity index (χ0) is 12.5. The van der Waals surface area contributed by atoms with E-state index in [1.807, 2.05) is 23.9 Å². The maximum atomic E-state index is 6.03. The van der Waals surface area contributed by atoms with E-state index >= 15 is 0 Å². The minimum absolute atomic E-state index is 0.782. The lowest BCUT2D eigenvalue weighted by Gasteiger charge is -2.06. The van der Waals surface area contributed by atoms with Crippen molar-refractivity contribution >= 4 is 39.3 Å². The van der Waals surface area contributed by atoms with Gasteiger partial charge in [0.1, 0.15) is 0 Å². The first-order valence-corrected chi connectivity index (χ1v) is 8.44. The number of thioether (sulfide) groups is 1. The van der Waals surface area contributed by atoms with E-state index in [1.165, 1.54) is 30.6 Å². The van der Waals surface area contributed by atoms with E-state index in [-0.39, 0.29) is 0 Å². The molecular weight excluding hydrogens is 318 g/mol. The maximum absolute atomic E-state index is 6.03. The molecule has 0 fully saturated rings. The second-order valence-electron chi connectivity index (χ2n) is 3.98. The number of halogens is 2. The number of hydrogen-bond donors (Lipinski definition) is 1. The topological polar surface area (TPSA) is 12.0 Å². The lowest BCUT2D eigenvalue weighted by Crippen LogP contribution is -2.14. The van der Waals surface area contributed by atoms with Crippen molar-refractivity contribution in [3.63, 3.8) is 0 Å². The van der Waals surface area contributed by atoms with Crippen LogP contribution >= 0.6 is 39.3 Å². The van der Waals surface area contributed by atoms with Gasteiger partial charge < -0.3 is 5.32 Å². The Morgan fingerprint density at radius 3 is 2.82 bits per heavy atom. The first kappa shape index (κ1) is 15.4. The van der Waals surface area contributed by atoms with Gasteiger partial charge in [0.05, 0.1) is 5.02 Å². The first-order valence-electron chi connectivity index (χ1n) is 5.87. The van der Waals surface area contributed by atoms with Gasteiger partial charge in [0.2, 0.25) is 0 Å². The Morgan fingerprint density at radius 1 is 1.29 bits per heavy atom. The molecule has 1 N–H and O–H groups in total. The van der Waals surface area contributed by atoms with Gasteiger partial charge >= 0.3 is 0 Å². The second kappa shape index (κ2) is 9.26. The molecule has 0 aliphatic carbocycles. The van der Waals surface area contributed by atoms with Crippen molar-refractivity contribution in [2.45, 2.75) is 25.8 Å². The van der Waals surface area contributed by atoms with Gasteiger partial charge in [-0.2, -0.15) is 11.8 Å². The summed E-state index contributed by atoms with van der Waals surface area (Å²) in [6, 6.07) is 6.10. The summed E-state index contributed by atoms with van der Waals surface area (Å²) in [6.45, 7) is 1.98. The van der Waals surface area contributed by atoms with E-state index in [9.17, 15) is 0 Å². The molecule has 4 heteroatoms. The highest BCUT2D eigenvalue weighted by atomic mass is 79.9. The summed E-state index contributed by atoms with van der Waals surface area (Å²) < 4.78 is 0.958. The van der Waals surface area contributed by atoms with Gasteiger partial charge in [-0.25, -0.2) is 0 Å². The number of nitrogens with one attached hydrogen (secondary N) is 1. The second-order valence-corrected chi connectivity index (χ2v) is 6.23. The van der Waals surface area contributed by atoms with Crippen LogP contribution in [0, 0.1) is 0 Å². The highest BCUT2D eigenvalue weighted by Gasteiger charge is 1.98. The van der Waals surface area contributed by atoms with E-state index in [2.05, 4.69) is 33.6 Å². The van der Waals surface area contributed by atoms with E-state index in [1.54, 1.807) is 0 Å². The van der Waals surface area contributed by atoms with Crippen LogP contribution in [0.25, 0.3) is 0 Å². The van der Waals surface area contributed by atoms with Crippen molar-refractivity contribution in [2.24, 2.45) is 0 Å². The van der Waals surface area contributed by atoms with Crippen molar-refractivity contribution in [3.05, 3.63) is 33.3 Å². The molecule has 1 aromatic rings. The molecule has 0 spiro atoms. The molecule has 0 radical (unpaired) electrons. The smallest absolute Gasteiger partial charge is 0.0551 e. The van der Waals surface area contributed by atoms with E-state index < -0.39 is 0 Å². The first-order chi connectivity index (χ1) is 8.24. The zero-order valence-electron chi connectivity index (χ0n) is 10.1. The van der Waals surface area contributed by atoms with Gasteiger partial charge in [0.15, 0.2) is 0 Å². The molecule has 0 saturated carbocycles. The molecule has 96 valence electrons. The summed E-state index contributed by atoms with van der Waals surface area (Å²) >= 11 is 11.4. The van der Waals surface area contributed by atoms with Crippen LogP contribution < -0.4 is 5.32 Å². The predicted octanol–water partition coefficient (Wildman–Crippen LogP) is 4.73. The standard InChI is InChI=1S/C13H19BrClNS/c1-17-8-4-2-3-7-16-10-11-5-6-12(14)13(15)9-11/h5-6,9,16H,2-4,7-8,10H2,1H3. The molecule has 0 aromatic heterocycles. The molecule has 1 aromatic carbocycles. The Hall–Kier alpha value is 0.300. The van der Waals surface area contributed by atoms with Crippen molar-refractivity contribution in [2.75, 3.05) is 18.6 Å². The van der Waals surface area contributed by atoms with Crippen LogP contribution in [-0.4, -0.2) is 18.6 Å². The molecular formula is C13H19BrClNS. The Bertz CT molecular complexity index is 333. The Labute approximate surface area is 122 Å². The number of rotatable bonds is 8. The van der Waals surface area contributed by atoms with Crippen LogP contribution in [0.4, 0.5) is 0 Å². The molecule has 0 unspecified atom stereocenters. The Morgan fingerprint density at radius 2 is 2.12 bits per heavy atom. The van der Waals surface area contributed by atoms with Gasteiger partial charge in [0, 0.05) is 11.0 Å². The molecule has 0 bridgehead atoms. The fourth-order valence-electron chi connectivity index (χ4n) is 1.56. The van der Waals surface area contributed by atoms with E-state index in [0.29, 0.717) is 0 Å². The SMILES string of the molecule is CSCCCCCNCc1ccc(Br)c(Cl)c1. The summed E-state index contributed by atoms with van der Waals surface area (Å²) in [5.74, 6) is 1.28. The minimum Gasteiger partial charge on any atom is -0.313 e. The molecule has 0 saturated heterocycles. The molecule has 0 heterocycles. The van der Waals surface area contributed by atoms with Gasteiger partial charge in [0.25, 0.3) is 0 Å². The Kier molecular flexibility index (Phi) is 8.36. The predicted molar refractivity (Wildman–Crippen MR) is 83.1 cm³/mol. The van der Waals surface area contributed by atoms with Crippen molar-refractivity contribution in [1.82, 2.24) is 5.32 Å². The summed E-state index contributed by atoms with van der Waals surface area (Å²) in [5, 5.41) is 4.23. The molecule has 17 heavy (non-hydrogen) atoms. The van der Waals surface area contributed by atoms with E-state index in [0.717, 1.165) is 22.6 Å². The van der Waals surface area contributed by atoms with Crippen LogP contribution in [0.5, 0.6) is 0 Å². The largest absolute Gasteiger partial charge is 0.313 e. The normalized spacial score (nSPS) is 10.8. The number of unbranched alkanes of at least 4 members (excludes halogenated alkanes) is 2. The third-order valence-electron chi connectivity index (χ3n) is 2.52. The third kappa shape index (κ3) is 6.70. The van der Waals surface area contributed by atoms with Crippen LogP contribution in [0.2, 0.25) is 5.02 Å². The van der Waals surface area contributed by atoms with Crippen molar-refractivity contribution in [3.8, 4) is 0 Å². The fourth-order valence-corrected chi connectivity index (χ4v) is 2.50.